The number of rotatable bonds is 13. The van der Waals surface area contributed by atoms with Crippen molar-refractivity contribution in [3.63, 3.8) is 0 Å². The lowest BCUT2D eigenvalue weighted by molar-refractivity contribution is -0.127. The highest BCUT2D eigenvalue weighted by atomic mass is 32.1. The molecule has 118 valence electrons. The van der Waals surface area contributed by atoms with Crippen molar-refractivity contribution in [3.05, 3.63) is 0 Å². The number of likely N-dealkylation sites (N-methyl/N-ethyl adjacent to an activating group) is 1. The van der Waals surface area contributed by atoms with Crippen molar-refractivity contribution in [1.82, 2.24) is 5.32 Å². The number of Topliss-reactive ketones (excluding diaryl/α,β-unsaturated/α-hetero) is 1. The Hall–Kier alpha value is -0.140. The van der Waals surface area contributed by atoms with Gasteiger partial charge in [-0.2, -0.15) is 13.5 Å². The normalized spacial score (nSPS) is 11.9. The molecule has 0 heterocycles. The summed E-state index contributed by atoms with van der Waals surface area (Å²) in [6.07, 6.45) is 0.864. The van der Waals surface area contributed by atoms with Gasteiger partial charge in [-0.15, -0.1) is 0 Å². The first-order valence-electron chi connectivity index (χ1n) is 6.62. The summed E-state index contributed by atoms with van der Waals surface area (Å²) >= 11 is 0. The predicted molar refractivity (Wildman–Crippen MR) is 83.3 cm³/mol. The molecular formula is C13H31NO4S. The maximum Gasteiger partial charge on any atom is 0.161 e. The van der Waals surface area contributed by atoms with Crippen LogP contribution in [0.5, 0.6) is 0 Å². The quantitative estimate of drug-likeness (QED) is 0.518. The minimum absolute atomic E-state index is 0. The van der Waals surface area contributed by atoms with E-state index in [2.05, 4.69) is 5.32 Å². The molecule has 0 aliphatic heterocycles. The molecule has 0 saturated carbocycles. The van der Waals surface area contributed by atoms with E-state index in [1.165, 1.54) is 0 Å². The van der Waals surface area contributed by atoms with Gasteiger partial charge in [0.15, 0.2) is 5.78 Å². The number of carbonyl (C=O) groups is 1. The molecule has 1 N–H and O–H groups in total. The van der Waals surface area contributed by atoms with Gasteiger partial charge in [-0.05, 0) is 13.5 Å². The molecule has 1 unspecified atom stereocenters. The highest BCUT2D eigenvalue weighted by molar-refractivity contribution is 7.59. The lowest BCUT2D eigenvalue weighted by Crippen LogP contribution is -2.19. The third-order valence-electron chi connectivity index (χ3n) is 2.65. The number of hydrogen-bond donors (Lipinski definition) is 1. The van der Waals surface area contributed by atoms with Crippen molar-refractivity contribution in [2.45, 2.75) is 20.3 Å². The van der Waals surface area contributed by atoms with Crippen LogP contribution >= 0.6 is 13.5 Å². The molecule has 0 aromatic heterocycles. The monoisotopic (exact) mass is 297 g/mol. The molecule has 0 bridgehead atoms. The smallest absolute Gasteiger partial charge is 0.161 e. The molecule has 0 aliphatic rings. The Morgan fingerprint density at radius 2 is 1.63 bits per heavy atom. The van der Waals surface area contributed by atoms with Crippen molar-refractivity contribution in [3.8, 4) is 0 Å². The van der Waals surface area contributed by atoms with E-state index in [1.54, 1.807) is 0 Å². The van der Waals surface area contributed by atoms with E-state index in [9.17, 15) is 4.79 Å². The summed E-state index contributed by atoms with van der Waals surface area (Å²) in [4.78, 5) is 11.4. The van der Waals surface area contributed by atoms with E-state index in [4.69, 9.17) is 14.2 Å². The molecule has 19 heavy (non-hydrogen) atoms. The van der Waals surface area contributed by atoms with E-state index >= 15 is 0 Å². The number of ether oxygens (including phenoxy) is 3. The lowest BCUT2D eigenvalue weighted by atomic mass is 10.1. The summed E-state index contributed by atoms with van der Waals surface area (Å²) in [5.74, 6) is 0.249. The van der Waals surface area contributed by atoms with Crippen LogP contribution in [0.15, 0.2) is 0 Å². The van der Waals surface area contributed by atoms with Crippen LogP contribution in [0.2, 0.25) is 0 Å². The van der Waals surface area contributed by atoms with Crippen LogP contribution in [0.3, 0.4) is 0 Å². The van der Waals surface area contributed by atoms with Crippen LogP contribution < -0.4 is 5.32 Å². The van der Waals surface area contributed by atoms with Gasteiger partial charge in [0.2, 0.25) is 0 Å². The van der Waals surface area contributed by atoms with Crippen LogP contribution in [0.25, 0.3) is 0 Å². The number of ketones is 1. The average Bonchev–Trinajstić information content (AvgIpc) is 2.39. The summed E-state index contributed by atoms with van der Waals surface area (Å²) in [6, 6.07) is 0. The molecule has 0 fully saturated rings. The van der Waals surface area contributed by atoms with Crippen LogP contribution in [-0.2, 0) is 19.0 Å². The first-order chi connectivity index (χ1) is 8.72. The molecule has 0 aromatic rings. The zero-order valence-electron chi connectivity index (χ0n) is 12.4. The first-order valence-corrected chi connectivity index (χ1v) is 6.62. The van der Waals surface area contributed by atoms with Crippen molar-refractivity contribution in [1.29, 1.82) is 0 Å². The Kier molecular flexibility index (Phi) is 17.7. The fourth-order valence-electron chi connectivity index (χ4n) is 1.16. The number of carbonyl (C=O) groups excluding carboxylic acids is 1. The molecule has 6 heteroatoms. The summed E-state index contributed by atoms with van der Waals surface area (Å²) < 4.78 is 15.8. The largest absolute Gasteiger partial charge is 0.378 e. The third kappa shape index (κ3) is 14.1. The van der Waals surface area contributed by atoms with Crippen molar-refractivity contribution in [2.24, 2.45) is 5.92 Å². The van der Waals surface area contributed by atoms with Gasteiger partial charge in [0, 0.05) is 13.9 Å². The first kappa shape index (κ1) is 21.2. The average molecular weight is 297 g/mol. The minimum atomic E-state index is 0. The van der Waals surface area contributed by atoms with E-state index in [-0.39, 0.29) is 33.2 Å². The zero-order valence-corrected chi connectivity index (χ0v) is 13.4. The van der Waals surface area contributed by atoms with Crippen molar-refractivity contribution < 1.29 is 20.4 Å². The number of nitrogens with one attached hydrogen (secondary N) is 1. The second kappa shape index (κ2) is 15.9. The molecule has 0 aromatic carbocycles. The Labute approximate surface area is 125 Å². The van der Waals surface area contributed by atoms with Gasteiger partial charge in [0.25, 0.3) is 0 Å². The summed E-state index contributed by atoms with van der Waals surface area (Å²) in [6.45, 7) is 7.77. The highest BCUT2D eigenvalue weighted by Crippen LogP contribution is 2.01. The highest BCUT2D eigenvalue weighted by Gasteiger charge is 2.09. The van der Waals surface area contributed by atoms with E-state index < -0.39 is 0 Å². The fourth-order valence-corrected chi connectivity index (χ4v) is 1.16. The van der Waals surface area contributed by atoms with Crippen LogP contribution in [0.1, 0.15) is 21.7 Å². The van der Waals surface area contributed by atoms with Gasteiger partial charge in [-0.25, -0.2) is 0 Å². The fraction of sp³-hybridized carbons (Fsp3) is 0.923. The number of hydrogen-bond acceptors (Lipinski definition) is 5. The van der Waals surface area contributed by atoms with Gasteiger partial charge < -0.3 is 19.5 Å². The molecule has 0 amide bonds. The van der Waals surface area contributed by atoms with E-state index in [0.717, 1.165) is 13.0 Å². The Balaban J connectivity index is -0.00000144. The van der Waals surface area contributed by atoms with Gasteiger partial charge in [-0.1, -0.05) is 13.8 Å². The standard InChI is InChI=1S/C13H27NO4.H2S.H2/c1-4-12(2)13(15)11-18-10-9-17-8-7-16-6-5-14-3;;/h12,14H,4-11H2,1-3H3;1H2;1H. The van der Waals surface area contributed by atoms with E-state index in [0.29, 0.717) is 33.0 Å². The van der Waals surface area contributed by atoms with Gasteiger partial charge in [0.1, 0.15) is 6.61 Å². The van der Waals surface area contributed by atoms with Crippen LogP contribution in [-0.4, -0.2) is 59.0 Å². The maximum absolute atomic E-state index is 11.4. The Bertz CT molecular complexity index is 211. The molecule has 0 rings (SSSR count). The molecule has 0 aliphatic carbocycles. The van der Waals surface area contributed by atoms with Gasteiger partial charge in [-0.3, -0.25) is 4.79 Å². The van der Waals surface area contributed by atoms with Crippen molar-refractivity contribution in [2.75, 3.05) is 53.2 Å². The summed E-state index contributed by atoms with van der Waals surface area (Å²) in [7, 11) is 1.89. The Morgan fingerprint density at radius 3 is 2.16 bits per heavy atom. The third-order valence-corrected chi connectivity index (χ3v) is 2.65. The molecule has 0 saturated heterocycles. The lowest BCUT2D eigenvalue weighted by Gasteiger charge is -2.08. The summed E-state index contributed by atoms with van der Waals surface area (Å²) in [5.41, 5.74) is 0. The maximum atomic E-state index is 11.4. The van der Waals surface area contributed by atoms with Gasteiger partial charge >= 0.3 is 0 Å². The summed E-state index contributed by atoms with van der Waals surface area (Å²) in [5, 5.41) is 2.99. The molecule has 0 radical (unpaired) electrons. The topological polar surface area (TPSA) is 56.8 Å². The minimum Gasteiger partial charge on any atom is -0.378 e. The van der Waals surface area contributed by atoms with E-state index in [1.807, 2.05) is 20.9 Å². The van der Waals surface area contributed by atoms with Crippen LogP contribution in [0, 0.1) is 5.92 Å². The van der Waals surface area contributed by atoms with Crippen molar-refractivity contribution >= 4 is 19.3 Å². The molecule has 1 atom stereocenters. The van der Waals surface area contributed by atoms with Crippen LogP contribution in [0.4, 0.5) is 0 Å². The predicted octanol–water partition coefficient (Wildman–Crippen LogP) is 1.23. The zero-order chi connectivity index (χ0) is 13.6. The molecule has 5 nitrogen and oxygen atoms in total. The molecule has 0 spiro atoms. The second-order valence-corrected chi connectivity index (χ2v) is 4.16. The second-order valence-electron chi connectivity index (χ2n) is 4.16. The molecular weight excluding hydrogens is 266 g/mol. The SMILES string of the molecule is CCC(C)C(=O)COCCOCCOCCNC.S.[HH]. The van der Waals surface area contributed by atoms with Gasteiger partial charge in [0.05, 0.1) is 33.0 Å². The Morgan fingerprint density at radius 1 is 1.11 bits per heavy atom.